The van der Waals surface area contributed by atoms with Gasteiger partial charge in [-0.15, -0.1) is 10.2 Å². The van der Waals surface area contributed by atoms with Gasteiger partial charge in [0, 0.05) is 6.07 Å². The Labute approximate surface area is 177 Å². The quantitative estimate of drug-likeness (QED) is 0.401. The molecule has 156 valence electrons. The first-order valence-electron chi connectivity index (χ1n) is 9.30. The molecule has 0 fully saturated rings. The zero-order valence-corrected chi connectivity index (χ0v) is 17.0. The fourth-order valence-corrected chi connectivity index (χ4v) is 3.13. The average molecular weight is 430 g/mol. The predicted octanol–water partition coefficient (Wildman–Crippen LogP) is 4.15. The maximum absolute atomic E-state index is 12.5. The van der Waals surface area contributed by atoms with Crippen LogP contribution in [0.4, 0.5) is 11.4 Å². The molecule has 0 radical (unpaired) electrons. The number of nitro benzene ring substituents is 1. The van der Waals surface area contributed by atoms with Gasteiger partial charge in [-0.25, -0.2) is 0 Å². The van der Waals surface area contributed by atoms with Crippen molar-refractivity contribution in [2.75, 3.05) is 18.4 Å². The summed E-state index contributed by atoms with van der Waals surface area (Å²) in [4.78, 5) is 24.9. The topological polar surface area (TPSA) is 114 Å². The van der Waals surface area contributed by atoms with Crippen molar-refractivity contribution in [1.82, 2.24) is 15.1 Å². The number of aromatic nitrogens is 2. The van der Waals surface area contributed by atoms with E-state index in [1.165, 1.54) is 12.1 Å². The van der Waals surface area contributed by atoms with Crippen LogP contribution in [-0.4, -0.2) is 39.0 Å². The Bertz CT molecular complexity index is 1040. The highest BCUT2D eigenvalue weighted by atomic mass is 35.5. The van der Waals surface area contributed by atoms with E-state index in [9.17, 15) is 14.9 Å². The van der Waals surface area contributed by atoms with E-state index in [0.29, 0.717) is 28.9 Å². The van der Waals surface area contributed by atoms with Gasteiger partial charge in [0.15, 0.2) is 0 Å². The Morgan fingerprint density at radius 3 is 2.67 bits per heavy atom. The van der Waals surface area contributed by atoms with Crippen LogP contribution in [0.1, 0.15) is 19.2 Å². The lowest BCUT2D eigenvalue weighted by molar-refractivity contribution is -0.383. The number of nitro groups is 1. The lowest BCUT2D eigenvalue weighted by Crippen LogP contribution is -2.33. The standard InChI is InChI=1S/C20H20ClN5O4/c1-2-11-25(12-18(27)22-16-9-5-6-10-17(16)26(28)29)13-19-23-24-20(30-19)14-7-3-4-8-15(14)21/h3-10H,2,11-13H2,1H3,(H,22,27). The zero-order valence-electron chi connectivity index (χ0n) is 16.2. The molecule has 1 amide bonds. The lowest BCUT2D eigenvalue weighted by Gasteiger charge is -2.19. The van der Waals surface area contributed by atoms with Crippen molar-refractivity contribution in [3.8, 4) is 11.5 Å². The Morgan fingerprint density at radius 1 is 1.20 bits per heavy atom. The number of hydrogen-bond donors (Lipinski definition) is 1. The Kier molecular flexibility index (Phi) is 7.10. The molecule has 0 bridgehead atoms. The second-order valence-electron chi connectivity index (χ2n) is 6.51. The molecule has 3 aromatic rings. The smallest absolute Gasteiger partial charge is 0.292 e. The molecular weight excluding hydrogens is 410 g/mol. The fraction of sp³-hybridized carbons (Fsp3) is 0.250. The molecule has 0 aliphatic rings. The largest absolute Gasteiger partial charge is 0.419 e. The number of rotatable bonds is 9. The Morgan fingerprint density at radius 2 is 1.93 bits per heavy atom. The minimum absolute atomic E-state index is 0.0176. The molecule has 0 aliphatic carbocycles. The molecule has 0 atom stereocenters. The van der Waals surface area contributed by atoms with E-state index < -0.39 is 4.92 Å². The van der Waals surface area contributed by atoms with Gasteiger partial charge in [0.25, 0.3) is 5.69 Å². The SMILES string of the molecule is CCCN(CC(=O)Nc1ccccc1[N+](=O)[O-])Cc1nnc(-c2ccccc2Cl)o1. The van der Waals surface area contributed by atoms with Gasteiger partial charge in [0.2, 0.25) is 17.7 Å². The number of para-hydroxylation sites is 2. The Balaban J connectivity index is 1.68. The molecule has 9 nitrogen and oxygen atoms in total. The molecule has 1 aromatic heterocycles. The third kappa shape index (κ3) is 5.40. The minimum atomic E-state index is -0.534. The highest BCUT2D eigenvalue weighted by molar-refractivity contribution is 6.33. The van der Waals surface area contributed by atoms with Crippen molar-refractivity contribution in [3.63, 3.8) is 0 Å². The van der Waals surface area contributed by atoms with Crippen LogP contribution in [0.3, 0.4) is 0 Å². The van der Waals surface area contributed by atoms with Crippen molar-refractivity contribution in [3.05, 3.63) is 69.6 Å². The van der Waals surface area contributed by atoms with E-state index in [1.54, 1.807) is 24.3 Å². The predicted molar refractivity (Wildman–Crippen MR) is 112 cm³/mol. The molecule has 0 aliphatic heterocycles. The maximum Gasteiger partial charge on any atom is 0.292 e. The summed E-state index contributed by atoms with van der Waals surface area (Å²) in [5.74, 6) is 0.275. The molecule has 0 spiro atoms. The highest BCUT2D eigenvalue weighted by Gasteiger charge is 2.19. The third-order valence-corrected chi connectivity index (χ3v) is 4.54. The molecule has 10 heteroatoms. The minimum Gasteiger partial charge on any atom is -0.419 e. The van der Waals surface area contributed by atoms with Gasteiger partial charge in [0.05, 0.1) is 28.6 Å². The summed E-state index contributed by atoms with van der Waals surface area (Å²) < 4.78 is 5.71. The zero-order chi connectivity index (χ0) is 21.5. The molecule has 1 heterocycles. The molecule has 0 saturated carbocycles. The molecule has 0 unspecified atom stereocenters. The number of halogens is 1. The first-order valence-corrected chi connectivity index (χ1v) is 9.68. The van der Waals surface area contributed by atoms with Crippen molar-refractivity contribution < 1.29 is 14.1 Å². The number of nitrogens with zero attached hydrogens (tertiary/aromatic N) is 4. The number of anilines is 1. The molecule has 2 aromatic carbocycles. The molecule has 3 rings (SSSR count). The number of benzene rings is 2. The van der Waals surface area contributed by atoms with Gasteiger partial charge in [-0.3, -0.25) is 19.8 Å². The van der Waals surface area contributed by atoms with E-state index in [0.717, 1.165) is 6.42 Å². The normalized spacial score (nSPS) is 10.9. The fourth-order valence-electron chi connectivity index (χ4n) is 2.91. The van der Waals surface area contributed by atoms with E-state index >= 15 is 0 Å². The first-order chi connectivity index (χ1) is 14.5. The molecule has 0 saturated heterocycles. The van der Waals surface area contributed by atoms with Crippen LogP contribution in [-0.2, 0) is 11.3 Å². The van der Waals surface area contributed by atoms with Crippen molar-refractivity contribution >= 4 is 28.9 Å². The monoisotopic (exact) mass is 429 g/mol. The number of amides is 1. The van der Waals surface area contributed by atoms with Crippen LogP contribution in [0, 0.1) is 10.1 Å². The summed E-state index contributed by atoms with van der Waals surface area (Å²) >= 11 is 6.17. The van der Waals surface area contributed by atoms with E-state index in [2.05, 4.69) is 15.5 Å². The van der Waals surface area contributed by atoms with Crippen molar-refractivity contribution in [1.29, 1.82) is 0 Å². The van der Waals surface area contributed by atoms with Gasteiger partial charge in [-0.2, -0.15) is 0 Å². The number of carbonyl (C=O) groups is 1. The molecule has 30 heavy (non-hydrogen) atoms. The van der Waals surface area contributed by atoms with Gasteiger partial charge in [-0.1, -0.05) is 42.8 Å². The summed E-state index contributed by atoms with van der Waals surface area (Å²) in [7, 11) is 0. The van der Waals surface area contributed by atoms with E-state index in [-0.39, 0.29) is 30.4 Å². The third-order valence-electron chi connectivity index (χ3n) is 4.21. The Hall–Kier alpha value is -3.30. The number of nitrogens with one attached hydrogen (secondary N) is 1. The van der Waals surface area contributed by atoms with Crippen LogP contribution in [0.5, 0.6) is 0 Å². The van der Waals surface area contributed by atoms with E-state index in [4.69, 9.17) is 16.0 Å². The second-order valence-corrected chi connectivity index (χ2v) is 6.92. The lowest BCUT2D eigenvalue weighted by atomic mass is 10.2. The first kappa shape index (κ1) is 21.4. The van der Waals surface area contributed by atoms with Crippen LogP contribution < -0.4 is 5.32 Å². The maximum atomic E-state index is 12.5. The summed E-state index contributed by atoms with van der Waals surface area (Å²) in [6.45, 7) is 2.86. The number of hydrogen-bond acceptors (Lipinski definition) is 7. The van der Waals surface area contributed by atoms with Gasteiger partial charge < -0.3 is 9.73 Å². The molecular formula is C20H20ClN5O4. The van der Waals surface area contributed by atoms with Gasteiger partial charge >= 0.3 is 0 Å². The summed E-state index contributed by atoms with van der Waals surface area (Å²) in [5.41, 5.74) is 0.631. The summed E-state index contributed by atoms with van der Waals surface area (Å²) in [5, 5.41) is 22.3. The van der Waals surface area contributed by atoms with Crippen LogP contribution in [0.25, 0.3) is 11.5 Å². The van der Waals surface area contributed by atoms with Crippen molar-refractivity contribution in [2.24, 2.45) is 0 Å². The summed E-state index contributed by atoms with van der Waals surface area (Å²) in [6, 6.07) is 13.1. The second kappa shape index (κ2) is 9.95. The number of carbonyl (C=O) groups excluding carboxylic acids is 1. The van der Waals surface area contributed by atoms with E-state index in [1.807, 2.05) is 24.0 Å². The van der Waals surface area contributed by atoms with Crippen LogP contribution in [0.15, 0.2) is 52.9 Å². The average Bonchev–Trinajstić information content (AvgIpc) is 3.17. The van der Waals surface area contributed by atoms with Gasteiger partial charge in [0.1, 0.15) is 5.69 Å². The summed E-state index contributed by atoms with van der Waals surface area (Å²) in [6.07, 6.45) is 0.796. The molecule has 1 N–H and O–H groups in total. The van der Waals surface area contributed by atoms with Crippen LogP contribution in [0.2, 0.25) is 5.02 Å². The van der Waals surface area contributed by atoms with Crippen molar-refractivity contribution in [2.45, 2.75) is 19.9 Å². The highest BCUT2D eigenvalue weighted by Crippen LogP contribution is 2.26. The van der Waals surface area contributed by atoms with Crippen LogP contribution >= 0.6 is 11.6 Å². The van der Waals surface area contributed by atoms with Gasteiger partial charge in [-0.05, 0) is 31.2 Å².